The lowest BCUT2D eigenvalue weighted by Crippen LogP contribution is -2.33. The van der Waals surface area contributed by atoms with Crippen LogP contribution in [0.15, 0.2) is 23.1 Å². The number of likely N-dealkylation sites (tertiary alicyclic amines) is 1. The molecule has 0 aromatic heterocycles. The lowest BCUT2D eigenvalue weighted by molar-refractivity contribution is -0.128. The summed E-state index contributed by atoms with van der Waals surface area (Å²) in [7, 11) is 0. The fourth-order valence-electron chi connectivity index (χ4n) is 2.18. The van der Waals surface area contributed by atoms with Crippen LogP contribution < -0.4 is 5.73 Å². The van der Waals surface area contributed by atoms with E-state index in [4.69, 9.17) is 17.3 Å². The lowest BCUT2D eigenvalue weighted by atomic mass is 10.2. The molecule has 3 nitrogen and oxygen atoms in total. The molecule has 2 N–H and O–H groups in total. The van der Waals surface area contributed by atoms with Gasteiger partial charge in [-0.2, -0.15) is 0 Å². The highest BCUT2D eigenvalue weighted by Gasteiger charge is 2.16. The Balaban J connectivity index is 1.90. The Hall–Kier alpha value is -0.870. The Bertz CT molecular complexity index is 445. The molecular formula is C14H19ClN2OS. The van der Waals surface area contributed by atoms with Crippen molar-refractivity contribution in [3.05, 3.63) is 23.2 Å². The van der Waals surface area contributed by atoms with Crippen LogP contribution in [-0.4, -0.2) is 29.6 Å². The van der Waals surface area contributed by atoms with Gasteiger partial charge < -0.3 is 10.6 Å². The molecule has 0 radical (unpaired) electrons. The van der Waals surface area contributed by atoms with Crippen molar-refractivity contribution in [1.82, 2.24) is 4.90 Å². The van der Waals surface area contributed by atoms with Crippen LogP contribution in [0.5, 0.6) is 0 Å². The van der Waals surface area contributed by atoms with E-state index in [1.165, 1.54) is 24.6 Å². The van der Waals surface area contributed by atoms with E-state index in [9.17, 15) is 4.79 Å². The Morgan fingerprint density at radius 2 is 1.95 bits per heavy atom. The van der Waals surface area contributed by atoms with Gasteiger partial charge in [-0.1, -0.05) is 24.4 Å². The normalized spacial score (nSPS) is 16.2. The molecule has 2 rings (SSSR count). The second-order valence-electron chi connectivity index (χ2n) is 4.77. The smallest absolute Gasteiger partial charge is 0.232 e. The number of nitrogens with two attached hydrogens (primary N) is 1. The molecule has 104 valence electrons. The summed E-state index contributed by atoms with van der Waals surface area (Å²) < 4.78 is 0. The summed E-state index contributed by atoms with van der Waals surface area (Å²) in [5.41, 5.74) is 6.41. The number of rotatable bonds is 3. The molecule has 1 saturated heterocycles. The number of hydrogen-bond acceptors (Lipinski definition) is 3. The summed E-state index contributed by atoms with van der Waals surface area (Å²) in [6, 6.07) is 5.36. The fourth-order valence-corrected chi connectivity index (χ4v) is 3.35. The molecule has 1 aliphatic heterocycles. The van der Waals surface area contributed by atoms with Crippen LogP contribution in [0.1, 0.15) is 25.7 Å². The maximum atomic E-state index is 12.2. The molecule has 1 fully saturated rings. The van der Waals surface area contributed by atoms with E-state index in [1.54, 1.807) is 12.1 Å². The first-order valence-electron chi connectivity index (χ1n) is 6.62. The minimum absolute atomic E-state index is 0.199. The number of nitrogen functional groups attached to an aromatic ring is 1. The molecule has 0 saturated carbocycles. The highest BCUT2D eigenvalue weighted by atomic mass is 35.5. The molecule has 0 atom stereocenters. The second kappa shape index (κ2) is 7.06. The van der Waals surface area contributed by atoms with E-state index in [0.29, 0.717) is 16.5 Å². The molecule has 1 aliphatic rings. The van der Waals surface area contributed by atoms with Gasteiger partial charge in [0.2, 0.25) is 5.91 Å². The summed E-state index contributed by atoms with van der Waals surface area (Å²) in [4.78, 5) is 15.0. The third-order valence-electron chi connectivity index (χ3n) is 3.27. The van der Waals surface area contributed by atoms with E-state index < -0.39 is 0 Å². The average Bonchev–Trinajstić information content (AvgIpc) is 2.68. The van der Waals surface area contributed by atoms with E-state index >= 15 is 0 Å². The summed E-state index contributed by atoms with van der Waals surface area (Å²) >= 11 is 7.56. The summed E-state index contributed by atoms with van der Waals surface area (Å²) in [6.07, 6.45) is 4.71. The standard InChI is InChI=1S/C14H19ClN2OS/c15-12-6-5-11(16)9-13(12)19-10-14(18)17-7-3-1-2-4-8-17/h5-6,9H,1-4,7-8,10,16H2. The van der Waals surface area contributed by atoms with Gasteiger partial charge in [-0.05, 0) is 31.0 Å². The van der Waals surface area contributed by atoms with E-state index in [0.717, 1.165) is 30.8 Å². The van der Waals surface area contributed by atoms with Crippen LogP contribution in [0.3, 0.4) is 0 Å². The number of nitrogens with zero attached hydrogens (tertiary/aromatic N) is 1. The molecule has 0 aliphatic carbocycles. The highest BCUT2D eigenvalue weighted by molar-refractivity contribution is 8.00. The first-order valence-corrected chi connectivity index (χ1v) is 7.99. The van der Waals surface area contributed by atoms with Crippen LogP contribution in [-0.2, 0) is 4.79 Å². The first-order chi connectivity index (χ1) is 9.16. The number of benzene rings is 1. The van der Waals surface area contributed by atoms with Crippen molar-refractivity contribution in [2.24, 2.45) is 0 Å². The van der Waals surface area contributed by atoms with Crippen LogP contribution in [0.25, 0.3) is 0 Å². The van der Waals surface area contributed by atoms with Gasteiger partial charge in [-0.15, -0.1) is 11.8 Å². The Morgan fingerprint density at radius 3 is 2.63 bits per heavy atom. The first kappa shape index (κ1) is 14.5. The molecule has 1 amide bonds. The molecule has 1 aromatic rings. The summed E-state index contributed by atoms with van der Waals surface area (Å²) in [5.74, 6) is 0.633. The van der Waals surface area contributed by atoms with Gasteiger partial charge in [0.25, 0.3) is 0 Å². The number of anilines is 1. The lowest BCUT2D eigenvalue weighted by Gasteiger charge is -2.20. The van der Waals surface area contributed by atoms with E-state index in [-0.39, 0.29) is 5.91 Å². The maximum absolute atomic E-state index is 12.2. The van der Waals surface area contributed by atoms with Crippen molar-refractivity contribution in [2.45, 2.75) is 30.6 Å². The number of hydrogen-bond donors (Lipinski definition) is 1. The molecule has 0 bridgehead atoms. The van der Waals surface area contributed by atoms with Crippen LogP contribution in [0.2, 0.25) is 5.02 Å². The predicted molar refractivity (Wildman–Crippen MR) is 81.6 cm³/mol. The van der Waals surface area contributed by atoms with Crippen LogP contribution in [0.4, 0.5) is 5.69 Å². The predicted octanol–water partition coefficient (Wildman–Crippen LogP) is 3.42. The van der Waals surface area contributed by atoms with Gasteiger partial charge >= 0.3 is 0 Å². The molecule has 1 aromatic carbocycles. The number of carbonyl (C=O) groups excluding carboxylic acids is 1. The quantitative estimate of drug-likeness (QED) is 0.687. The van der Waals surface area contributed by atoms with Crippen molar-refractivity contribution < 1.29 is 4.79 Å². The zero-order valence-electron chi connectivity index (χ0n) is 10.9. The van der Waals surface area contributed by atoms with Crippen LogP contribution in [0, 0.1) is 0 Å². The monoisotopic (exact) mass is 298 g/mol. The maximum Gasteiger partial charge on any atom is 0.232 e. The van der Waals surface area contributed by atoms with E-state index in [2.05, 4.69) is 0 Å². The number of carbonyl (C=O) groups is 1. The van der Waals surface area contributed by atoms with Gasteiger partial charge in [0.05, 0.1) is 10.8 Å². The fraction of sp³-hybridized carbons (Fsp3) is 0.500. The summed E-state index contributed by atoms with van der Waals surface area (Å²) in [6.45, 7) is 1.79. The molecule has 0 spiro atoms. The van der Waals surface area contributed by atoms with Gasteiger partial charge in [0.1, 0.15) is 0 Å². The van der Waals surface area contributed by atoms with E-state index in [1.807, 2.05) is 11.0 Å². The molecular weight excluding hydrogens is 280 g/mol. The molecule has 1 heterocycles. The highest BCUT2D eigenvalue weighted by Crippen LogP contribution is 2.29. The largest absolute Gasteiger partial charge is 0.399 e. The topological polar surface area (TPSA) is 46.3 Å². The van der Waals surface area contributed by atoms with Crippen molar-refractivity contribution >= 4 is 35.0 Å². The Labute approximate surface area is 123 Å². The Morgan fingerprint density at radius 1 is 1.26 bits per heavy atom. The number of thioether (sulfide) groups is 1. The third kappa shape index (κ3) is 4.32. The number of halogens is 1. The van der Waals surface area contributed by atoms with Gasteiger partial charge in [0.15, 0.2) is 0 Å². The molecule has 5 heteroatoms. The van der Waals surface area contributed by atoms with Crippen molar-refractivity contribution in [2.75, 3.05) is 24.6 Å². The SMILES string of the molecule is Nc1ccc(Cl)c(SCC(=O)N2CCCCCC2)c1. The summed E-state index contributed by atoms with van der Waals surface area (Å²) in [5, 5.41) is 0.655. The Kier molecular flexibility index (Phi) is 5.40. The third-order valence-corrected chi connectivity index (χ3v) is 4.75. The molecule has 0 unspecified atom stereocenters. The van der Waals surface area contributed by atoms with Gasteiger partial charge in [-0.25, -0.2) is 0 Å². The second-order valence-corrected chi connectivity index (χ2v) is 6.20. The van der Waals surface area contributed by atoms with Crippen LogP contribution >= 0.6 is 23.4 Å². The zero-order valence-corrected chi connectivity index (χ0v) is 12.5. The van der Waals surface area contributed by atoms with Gasteiger partial charge in [-0.3, -0.25) is 4.79 Å². The van der Waals surface area contributed by atoms with Gasteiger partial charge in [0, 0.05) is 23.7 Å². The molecule has 19 heavy (non-hydrogen) atoms. The van der Waals surface area contributed by atoms with Crippen molar-refractivity contribution in [1.29, 1.82) is 0 Å². The number of amides is 1. The minimum Gasteiger partial charge on any atom is -0.399 e. The minimum atomic E-state index is 0.199. The van der Waals surface area contributed by atoms with Crippen molar-refractivity contribution in [3.8, 4) is 0 Å². The zero-order chi connectivity index (χ0) is 13.7. The van der Waals surface area contributed by atoms with Crippen molar-refractivity contribution in [3.63, 3.8) is 0 Å². The average molecular weight is 299 g/mol.